The van der Waals surface area contributed by atoms with Crippen LogP contribution in [0.2, 0.25) is 0 Å². The molecule has 0 bridgehead atoms. The fraction of sp³-hybridized carbons (Fsp3) is 0.533. The summed E-state index contributed by atoms with van der Waals surface area (Å²) in [5.74, 6) is -0.772. The van der Waals surface area contributed by atoms with Gasteiger partial charge in [0.1, 0.15) is 0 Å². The average Bonchev–Trinajstić information content (AvgIpc) is 2.46. The number of ether oxygens (including phenoxy) is 1. The molecule has 0 aliphatic carbocycles. The van der Waals surface area contributed by atoms with E-state index in [-0.39, 0.29) is 31.2 Å². The van der Waals surface area contributed by atoms with Crippen LogP contribution in [0.3, 0.4) is 0 Å². The molecular formula is C15H20N2O6. The predicted molar refractivity (Wildman–Crippen MR) is 82.8 cm³/mol. The van der Waals surface area contributed by atoms with Crippen LogP contribution < -0.4 is 0 Å². The van der Waals surface area contributed by atoms with Gasteiger partial charge in [0.25, 0.3) is 5.69 Å². The lowest BCUT2D eigenvalue weighted by Crippen LogP contribution is -2.19. The Morgan fingerprint density at radius 3 is 2.57 bits per heavy atom. The third-order valence-electron chi connectivity index (χ3n) is 3.52. The molecule has 1 aromatic carbocycles. The first-order valence-corrected chi connectivity index (χ1v) is 7.34. The van der Waals surface area contributed by atoms with E-state index in [1.807, 2.05) is 0 Å². The van der Waals surface area contributed by atoms with E-state index >= 15 is 0 Å². The molecule has 0 aliphatic heterocycles. The summed E-state index contributed by atoms with van der Waals surface area (Å²) in [7, 11) is 0. The van der Waals surface area contributed by atoms with Gasteiger partial charge in [0.2, 0.25) is 6.54 Å². The van der Waals surface area contributed by atoms with E-state index in [0.717, 1.165) is 5.56 Å². The first-order chi connectivity index (χ1) is 10.8. The van der Waals surface area contributed by atoms with Crippen LogP contribution in [0, 0.1) is 33.1 Å². The second-order valence-electron chi connectivity index (χ2n) is 5.30. The number of esters is 1. The van der Waals surface area contributed by atoms with Crippen molar-refractivity contribution in [3.8, 4) is 0 Å². The normalized spacial score (nSPS) is 11.7. The molecule has 0 aromatic heterocycles. The van der Waals surface area contributed by atoms with Gasteiger partial charge in [-0.3, -0.25) is 25.0 Å². The third-order valence-corrected chi connectivity index (χ3v) is 3.52. The molecule has 1 unspecified atom stereocenters. The van der Waals surface area contributed by atoms with Crippen molar-refractivity contribution in [3.63, 3.8) is 0 Å². The maximum absolute atomic E-state index is 11.4. The molecule has 0 radical (unpaired) electrons. The van der Waals surface area contributed by atoms with E-state index in [1.54, 1.807) is 19.9 Å². The molecule has 0 spiro atoms. The van der Waals surface area contributed by atoms with Crippen LogP contribution in [0.4, 0.5) is 5.69 Å². The first-order valence-electron chi connectivity index (χ1n) is 7.34. The number of aryl methyl sites for hydroxylation is 1. The molecule has 1 aromatic rings. The smallest absolute Gasteiger partial charge is 0.305 e. The number of benzene rings is 1. The van der Waals surface area contributed by atoms with Gasteiger partial charge in [-0.05, 0) is 37.8 Å². The van der Waals surface area contributed by atoms with Gasteiger partial charge in [-0.25, -0.2) is 0 Å². The lowest BCUT2D eigenvalue weighted by Gasteiger charge is -2.14. The number of nitro groups is 2. The number of carbonyl (C=O) groups excluding carboxylic acids is 1. The minimum atomic E-state index is -0.496. The lowest BCUT2D eigenvalue weighted by atomic mass is 9.92. The van der Waals surface area contributed by atoms with Crippen LogP contribution in [0.1, 0.15) is 30.9 Å². The van der Waals surface area contributed by atoms with Crippen LogP contribution >= 0.6 is 0 Å². The minimum absolute atomic E-state index is 0.0455. The molecule has 8 nitrogen and oxygen atoms in total. The molecule has 1 atom stereocenters. The van der Waals surface area contributed by atoms with Crippen molar-refractivity contribution in [1.29, 1.82) is 0 Å². The standard InChI is InChI=1S/C15H20N2O6/c1-3-23-15(18)7-5-12(10-16(19)20)8-13-9-14(17(21)22)6-4-11(13)2/h4,6,9,12H,3,5,7-8,10H2,1-2H3. The molecule has 0 saturated heterocycles. The highest BCUT2D eigenvalue weighted by atomic mass is 16.6. The zero-order chi connectivity index (χ0) is 17.4. The van der Waals surface area contributed by atoms with E-state index < -0.39 is 15.8 Å². The van der Waals surface area contributed by atoms with Crippen LogP contribution in [0.15, 0.2) is 18.2 Å². The van der Waals surface area contributed by atoms with Gasteiger partial charge in [-0.1, -0.05) is 6.07 Å². The summed E-state index contributed by atoms with van der Waals surface area (Å²) >= 11 is 0. The monoisotopic (exact) mass is 324 g/mol. The molecule has 8 heteroatoms. The molecule has 0 saturated carbocycles. The Bertz CT molecular complexity index is 587. The maximum Gasteiger partial charge on any atom is 0.305 e. The molecule has 0 aliphatic rings. The lowest BCUT2D eigenvalue weighted by molar-refractivity contribution is -0.488. The summed E-state index contributed by atoms with van der Waals surface area (Å²) in [6.07, 6.45) is 0.718. The Morgan fingerprint density at radius 2 is 2.00 bits per heavy atom. The SMILES string of the molecule is CCOC(=O)CCC(Cc1cc([N+](=O)[O-])ccc1C)C[N+](=O)[O-]. The second-order valence-corrected chi connectivity index (χ2v) is 5.30. The zero-order valence-corrected chi connectivity index (χ0v) is 13.2. The highest BCUT2D eigenvalue weighted by Crippen LogP contribution is 2.22. The quantitative estimate of drug-likeness (QED) is 0.392. The number of nitro benzene ring substituents is 1. The maximum atomic E-state index is 11.4. The predicted octanol–water partition coefficient (Wildman–Crippen LogP) is 2.68. The number of non-ortho nitro benzene ring substituents is 1. The summed E-state index contributed by atoms with van der Waals surface area (Å²) in [5.41, 5.74) is 1.48. The molecule has 126 valence electrons. The Morgan fingerprint density at radius 1 is 1.30 bits per heavy atom. The summed E-state index contributed by atoms with van der Waals surface area (Å²) < 4.78 is 4.82. The number of carbonyl (C=O) groups is 1. The summed E-state index contributed by atoms with van der Waals surface area (Å²) in [6.45, 7) is 3.47. The summed E-state index contributed by atoms with van der Waals surface area (Å²) in [6, 6.07) is 4.47. The summed E-state index contributed by atoms with van der Waals surface area (Å²) in [4.78, 5) is 32.2. The van der Waals surface area contributed by atoms with Crippen LogP contribution in [-0.4, -0.2) is 29.0 Å². The average molecular weight is 324 g/mol. The van der Waals surface area contributed by atoms with Crippen molar-refractivity contribution in [2.75, 3.05) is 13.2 Å². The van der Waals surface area contributed by atoms with Gasteiger partial charge < -0.3 is 4.74 Å². The van der Waals surface area contributed by atoms with Gasteiger partial charge in [0, 0.05) is 29.4 Å². The summed E-state index contributed by atoms with van der Waals surface area (Å²) in [5, 5.41) is 21.7. The van der Waals surface area contributed by atoms with Crippen molar-refractivity contribution >= 4 is 11.7 Å². The Balaban J connectivity index is 2.83. The van der Waals surface area contributed by atoms with Gasteiger partial charge in [-0.2, -0.15) is 0 Å². The van der Waals surface area contributed by atoms with E-state index in [9.17, 15) is 25.0 Å². The number of rotatable bonds is 9. The van der Waals surface area contributed by atoms with Gasteiger partial charge in [-0.15, -0.1) is 0 Å². The number of hydrogen-bond acceptors (Lipinski definition) is 6. The van der Waals surface area contributed by atoms with E-state index in [1.165, 1.54) is 12.1 Å². The fourth-order valence-electron chi connectivity index (χ4n) is 2.33. The van der Waals surface area contributed by atoms with E-state index in [0.29, 0.717) is 18.4 Å². The van der Waals surface area contributed by atoms with Gasteiger partial charge in [0.15, 0.2) is 0 Å². The molecule has 0 heterocycles. The highest BCUT2D eigenvalue weighted by Gasteiger charge is 2.20. The molecule has 0 fully saturated rings. The van der Waals surface area contributed by atoms with Gasteiger partial charge >= 0.3 is 5.97 Å². The fourth-order valence-corrected chi connectivity index (χ4v) is 2.33. The molecule has 0 N–H and O–H groups in total. The number of hydrogen-bond donors (Lipinski definition) is 0. The van der Waals surface area contributed by atoms with Crippen LogP contribution in [0.25, 0.3) is 0 Å². The topological polar surface area (TPSA) is 113 Å². The first kappa shape index (κ1) is 18.5. The second kappa shape index (κ2) is 8.82. The molecule has 23 heavy (non-hydrogen) atoms. The number of nitrogens with zero attached hydrogens (tertiary/aromatic N) is 2. The van der Waals surface area contributed by atoms with E-state index in [4.69, 9.17) is 4.74 Å². The Kier molecular flexibility index (Phi) is 7.11. The van der Waals surface area contributed by atoms with Crippen LogP contribution in [0.5, 0.6) is 0 Å². The minimum Gasteiger partial charge on any atom is -0.466 e. The van der Waals surface area contributed by atoms with Crippen molar-refractivity contribution in [1.82, 2.24) is 0 Å². The molecule has 1 rings (SSSR count). The Labute approximate surface area is 133 Å². The largest absolute Gasteiger partial charge is 0.466 e. The molecule has 0 amide bonds. The highest BCUT2D eigenvalue weighted by molar-refractivity contribution is 5.69. The third kappa shape index (κ3) is 6.41. The van der Waals surface area contributed by atoms with E-state index in [2.05, 4.69) is 0 Å². The van der Waals surface area contributed by atoms with Crippen molar-refractivity contribution in [2.45, 2.75) is 33.1 Å². The van der Waals surface area contributed by atoms with Crippen LogP contribution in [-0.2, 0) is 16.0 Å². The van der Waals surface area contributed by atoms with Crippen molar-refractivity contribution in [2.24, 2.45) is 5.92 Å². The van der Waals surface area contributed by atoms with Crippen molar-refractivity contribution in [3.05, 3.63) is 49.6 Å². The van der Waals surface area contributed by atoms with Gasteiger partial charge in [0.05, 0.1) is 11.5 Å². The zero-order valence-electron chi connectivity index (χ0n) is 13.2. The Hall–Kier alpha value is -2.51. The molecular weight excluding hydrogens is 304 g/mol. The van der Waals surface area contributed by atoms with Crippen molar-refractivity contribution < 1.29 is 19.4 Å².